The Labute approximate surface area is 104 Å². The van der Waals surface area contributed by atoms with Gasteiger partial charge < -0.3 is 10.5 Å². The van der Waals surface area contributed by atoms with Gasteiger partial charge in [0.05, 0.1) is 12.9 Å². The molecule has 1 aromatic heterocycles. The summed E-state index contributed by atoms with van der Waals surface area (Å²) in [7, 11) is 1.37. The van der Waals surface area contributed by atoms with E-state index in [0.717, 1.165) is 29.3 Å². The number of carbonyl (C=O) groups excluding carboxylic acids is 1. The number of rotatable bonds is 4. The van der Waals surface area contributed by atoms with E-state index in [0.29, 0.717) is 11.7 Å². The smallest absolute Gasteiger partial charge is 0.316 e. The number of nitrogens with zero attached hydrogens (tertiary/aromatic N) is 2. The minimum Gasteiger partial charge on any atom is -0.468 e. The molecule has 1 aromatic rings. The molecule has 0 radical (unpaired) electrons. The van der Waals surface area contributed by atoms with E-state index in [1.54, 1.807) is 0 Å². The van der Waals surface area contributed by atoms with Crippen molar-refractivity contribution in [3.8, 4) is 0 Å². The summed E-state index contributed by atoms with van der Waals surface area (Å²) in [5.74, 6) is 1.75. The van der Waals surface area contributed by atoms with Crippen molar-refractivity contribution in [3.05, 3.63) is 11.4 Å². The molecule has 0 aliphatic heterocycles. The standard InChI is InChI=1S/C11H15N3O2S/c1-6-9(12)13-10(7-3-4-7)14-11(6)17-5-8(15)16-2/h7H,3-5H2,1-2H3,(H2,12,13,14). The molecule has 0 aromatic carbocycles. The van der Waals surface area contributed by atoms with Gasteiger partial charge in [-0.1, -0.05) is 11.8 Å². The molecule has 1 aliphatic rings. The maximum atomic E-state index is 11.1. The number of nitrogen functional groups attached to an aromatic ring is 1. The summed E-state index contributed by atoms with van der Waals surface area (Å²) < 4.78 is 4.60. The molecule has 1 fully saturated rings. The highest BCUT2D eigenvalue weighted by atomic mass is 32.2. The summed E-state index contributed by atoms with van der Waals surface area (Å²) in [6.45, 7) is 1.87. The quantitative estimate of drug-likeness (QED) is 0.498. The Balaban J connectivity index is 2.16. The van der Waals surface area contributed by atoms with Crippen LogP contribution in [0.5, 0.6) is 0 Å². The van der Waals surface area contributed by atoms with Gasteiger partial charge in [-0.3, -0.25) is 4.79 Å². The van der Waals surface area contributed by atoms with Crippen molar-refractivity contribution in [1.29, 1.82) is 0 Å². The summed E-state index contributed by atoms with van der Waals surface area (Å²) in [5.41, 5.74) is 6.68. The van der Waals surface area contributed by atoms with Crippen LogP contribution in [0, 0.1) is 6.92 Å². The van der Waals surface area contributed by atoms with Crippen LogP contribution < -0.4 is 5.73 Å². The molecule has 5 nitrogen and oxygen atoms in total. The Morgan fingerprint density at radius 2 is 2.24 bits per heavy atom. The van der Waals surface area contributed by atoms with Gasteiger partial charge in [-0.25, -0.2) is 9.97 Å². The van der Waals surface area contributed by atoms with Gasteiger partial charge in [0.2, 0.25) is 0 Å². The molecule has 0 amide bonds. The third-order valence-electron chi connectivity index (χ3n) is 2.65. The normalized spacial score (nSPS) is 14.7. The van der Waals surface area contributed by atoms with Crippen LogP contribution >= 0.6 is 11.8 Å². The lowest BCUT2D eigenvalue weighted by Gasteiger charge is -2.08. The van der Waals surface area contributed by atoms with Gasteiger partial charge in [0.15, 0.2) is 0 Å². The summed E-state index contributed by atoms with van der Waals surface area (Å²) in [5, 5.41) is 0.782. The fourth-order valence-electron chi connectivity index (χ4n) is 1.38. The molecule has 1 heterocycles. The van der Waals surface area contributed by atoms with Crippen LogP contribution in [0.3, 0.4) is 0 Å². The molecule has 2 N–H and O–H groups in total. The summed E-state index contributed by atoms with van der Waals surface area (Å²) >= 11 is 1.35. The first-order chi connectivity index (χ1) is 8.11. The van der Waals surface area contributed by atoms with Crippen molar-refractivity contribution >= 4 is 23.5 Å². The van der Waals surface area contributed by atoms with E-state index in [-0.39, 0.29) is 11.7 Å². The maximum absolute atomic E-state index is 11.1. The van der Waals surface area contributed by atoms with Crippen LogP contribution in [0.25, 0.3) is 0 Å². The molecule has 0 bridgehead atoms. The number of thioether (sulfide) groups is 1. The molecular weight excluding hydrogens is 238 g/mol. The first kappa shape index (κ1) is 12.2. The molecule has 17 heavy (non-hydrogen) atoms. The van der Waals surface area contributed by atoms with Crippen molar-refractivity contribution in [1.82, 2.24) is 9.97 Å². The number of nitrogens with two attached hydrogens (primary N) is 1. The number of hydrogen-bond donors (Lipinski definition) is 1. The van der Waals surface area contributed by atoms with E-state index >= 15 is 0 Å². The molecule has 0 unspecified atom stereocenters. The first-order valence-corrected chi connectivity index (χ1v) is 6.44. The van der Waals surface area contributed by atoms with Crippen LogP contribution in [-0.4, -0.2) is 28.8 Å². The third kappa shape index (κ3) is 2.88. The van der Waals surface area contributed by atoms with Gasteiger partial charge >= 0.3 is 5.97 Å². The number of aromatic nitrogens is 2. The first-order valence-electron chi connectivity index (χ1n) is 5.45. The van der Waals surface area contributed by atoms with Crippen molar-refractivity contribution < 1.29 is 9.53 Å². The van der Waals surface area contributed by atoms with Crippen molar-refractivity contribution in [3.63, 3.8) is 0 Å². The Morgan fingerprint density at radius 1 is 1.53 bits per heavy atom. The zero-order valence-corrected chi connectivity index (χ0v) is 10.7. The highest BCUT2D eigenvalue weighted by molar-refractivity contribution is 7.99. The minimum atomic E-state index is -0.264. The molecular formula is C11H15N3O2S. The summed E-state index contributed by atoms with van der Waals surface area (Å²) in [4.78, 5) is 19.8. The average molecular weight is 253 g/mol. The van der Waals surface area contributed by atoms with Crippen molar-refractivity contribution in [2.45, 2.75) is 30.7 Å². The van der Waals surface area contributed by atoms with E-state index in [1.165, 1.54) is 18.9 Å². The number of esters is 1. The Morgan fingerprint density at radius 3 is 2.82 bits per heavy atom. The highest BCUT2D eigenvalue weighted by Gasteiger charge is 2.28. The second kappa shape index (κ2) is 4.91. The second-order valence-corrected chi connectivity index (χ2v) is 5.00. The second-order valence-electron chi connectivity index (χ2n) is 4.04. The lowest BCUT2D eigenvalue weighted by Crippen LogP contribution is -2.07. The molecule has 1 saturated carbocycles. The predicted molar refractivity (Wildman–Crippen MR) is 65.9 cm³/mol. The number of hydrogen-bond acceptors (Lipinski definition) is 6. The minimum absolute atomic E-state index is 0.248. The molecule has 92 valence electrons. The fourth-order valence-corrected chi connectivity index (χ4v) is 2.23. The van der Waals surface area contributed by atoms with Gasteiger partial charge in [-0.15, -0.1) is 0 Å². The molecule has 2 rings (SSSR count). The van der Waals surface area contributed by atoms with E-state index in [1.807, 2.05) is 6.92 Å². The summed E-state index contributed by atoms with van der Waals surface area (Å²) in [6, 6.07) is 0. The lowest BCUT2D eigenvalue weighted by atomic mass is 10.3. The lowest BCUT2D eigenvalue weighted by molar-refractivity contribution is -0.137. The number of ether oxygens (including phenoxy) is 1. The molecule has 0 saturated heterocycles. The van der Waals surface area contributed by atoms with Crippen LogP contribution in [-0.2, 0) is 9.53 Å². The van der Waals surface area contributed by atoms with Crippen molar-refractivity contribution in [2.24, 2.45) is 0 Å². The van der Waals surface area contributed by atoms with Gasteiger partial charge in [-0.2, -0.15) is 0 Å². The SMILES string of the molecule is COC(=O)CSc1nc(C2CC2)nc(N)c1C. The Hall–Kier alpha value is -1.30. The van der Waals surface area contributed by atoms with E-state index < -0.39 is 0 Å². The Kier molecular flexibility index (Phi) is 3.51. The third-order valence-corrected chi connectivity index (χ3v) is 3.70. The van der Waals surface area contributed by atoms with E-state index in [4.69, 9.17) is 5.73 Å². The predicted octanol–water partition coefficient (Wildman–Crippen LogP) is 1.51. The summed E-state index contributed by atoms with van der Waals surface area (Å²) in [6.07, 6.45) is 2.26. The molecule has 6 heteroatoms. The zero-order valence-electron chi connectivity index (χ0n) is 9.90. The highest BCUT2D eigenvalue weighted by Crippen LogP contribution is 2.39. The van der Waals surface area contributed by atoms with Crippen molar-refractivity contribution in [2.75, 3.05) is 18.6 Å². The Bertz CT molecular complexity index is 447. The van der Waals surface area contributed by atoms with Gasteiger partial charge in [-0.05, 0) is 19.8 Å². The van der Waals surface area contributed by atoms with Crippen LogP contribution in [0.15, 0.2) is 5.03 Å². The van der Waals surface area contributed by atoms with Crippen LogP contribution in [0.1, 0.15) is 30.1 Å². The number of methoxy groups -OCH3 is 1. The molecule has 1 aliphatic carbocycles. The maximum Gasteiger partial charge on any atom is 0.316 e. The van der Waals surface area contributed by atoms with Crippen LogP contribution in [0.4, 0.5) is 5.82 Å². The zero-order chi connectivity index (χ0) is 12.4. The molecule has 0 spiro atoms. The topological polar surface area (TPSA) is 78.1 Å². The van der Waals surface area contributed by atoms with Gasteiger partial charge in [0.25, 0.3) is 0 Å². The monoisotopic (exact) mass is 253 g/mol. The van der Waals surface area contributed by atoms with Gasteiger partial charge in [0, 0.05) is 11.5 Å². The largest absolute Gasteiger partial charge is 0.468 e. The number of carbonyl (C=O) groups is 1. The number of anilines is 1. The van der Waals surface area contributed by atoms with E-state index in [9.17, 15) is 4.79 Å². The fraction of sp³-hybridized carbons (Fsp3) is 0.545. The van der Waals surface area contributed by atoms with Crippen LogP contribution in [0.2, 0.25) is 0 Å². The average Bonchev–Trinajstić information content (AvgIpc) is 3.14. The van der Waals surface area contributed by atoms with Gasteiger partial charge in [0.1, 0.15) is 16.7 Å². The molecule has 0 atom stereocenters. The van der Waals surface area contributed by atoms with E-state index in [2.05, 4.69) is 14.7 Å².